The third-order valence-electron chi connectivity index (χ3n) is 3.41. The van der Waals surface area contributed by atoms with E-state index in [1.165, 1.54) is 11.1 Å². The smallest absolute Gasteiger partial charge is 0.120 e. The molecule has 21 heavy (non-hydrogen) atoms. The number of ether oxygens (including phenoxy) is 1. The summed E-state index contributed by atoms with van der Waals surface area (Å²) in [6.45, 7) is 8.40. The van der Waals surface area contributed by atoms with Gasteiger partial charge < -0.3 is 10.1 Å². The van der Waals surface area contributed by atoms with Gasteiger partial charge in [0.1, 0.15) is 5.75 Å². The van der Waals surface area contributed by atoms with Crippen molar-refractivity contribution in [3.05, 3.63) is 59.9 Å². The zero-order valence-corrected chi connectivity index (χ0v) is 13.2. The first-order chi connectivity index (χ1) is 10.1. The second kappa shape index (κ2) is 7.23. The van der Waals surface area contributed by atoms with E-state index in [-0.39, 0.29) is 18.2 Å². The number of nitrogens with zero attached hydrogens (tertiary/aromatic N) is 1. The van der Waals surface area contributed by atoms with Crippen molar-refractivity contribution < 1.29 is 4.74 Å². The van der Waals surface area contributed by atoms with Gasteiger partial charge in [0.05, 0.1) is 6.10 Å². The van der Waals surface area contributed by atoms with Gasteiger partial charge in [0.25, 0.3) is 0 Å². The molecular weight excluding hydrogens is 260 g/mol. The van der Waals surface area contributed by atoms with Crippen molar-refractivity contribution in [2.24, 2.45) is 0 Å². The molecule has 2 atom stereocenters. The molecule has 1 aromatic carbocycles. The zero-order chi connectivity index (χ0) is 15.2. The summed E-state index contributed by atoms with van der Waals surface area (Å²) < 4.78 is 5.76. The fraction of sp³-hybridized carbons (Fsp3) is 0.389. The Hall–Kier alpha value is -1.87. The third kappa shape index (κ3) is 4.57. The van der Waals surface area contributed by atoms with E-state index in [0.29, 0.717) is 0 Å². The molecule has 0 fully saturated rings. The number of nitrogens with one attached hydrogen (secondary N) is 1. The summed E-state index contributed by atoms with van der Waals surface area (Å²) in [6, 6.07) is 12.8. The lowest BCUT2D eigenvalue weighted by atomic mass is 10.1. The maximum absolute atomic E-state index is 5.76. The van der Waals surface area contributed by atoms with E-state index in [1.54, 1.807) is 6.20 Å². The molecule has 2 aromatic rings. The number of benzene rings is 1. The molecular formula is C18H24N2O. The summed E-state index contributed by atoms with van der Waals surface area (Å²) in [5.41, 5.74) is 2.42. The summed E-state index contributed by atoms with van der Waals surface area (Å²) in [4.78, 5) is 4.17. The predicted octanol–water partition coefficient (Wildman–Crippen LogP) is 4.28. The van der Waals surface area contributed by atoms with Gasteiger partial charge in [-0.25, -0.2) is 0 Å². The molecule has 2 rings (SSSR count). The first-order valence-corrected chi connectivity index (χ1v) is 7.49. The molecule has 0 aliphatic carbocycles. The summed E-state index contributed by atoms with van der Waals surface area (Å²) in [7, 11) is 0. The molecule has 0 radical (unpaired) electrons. The number of hydrogen-bond donors (Lipinski definition) is 1. The molecule has 0 saturated heterocycles. The van der Waals surface area contributed by atoms with Crippen LogP contribution in [0.25, 0.3) is 0 Å². The van der Waals surface area contributed by atoms with Crippen LogP contribution in [0.15, 0.2) is 48.8 Å². The van der Waals surface area contributed by atoms with Gasteiger partial charge in [0.2, 0.25) is 0 Å². The number of hydrogen-bond acceptors (Lipinski definition) is 3. The normalized spacial score (nSPS) is 14.0. The Morgan fingerprint density at radius 3 is 2.33 bits per heavy atom. The lowest BCUT2D eigenvalue weighted by molar-refractivity contribution is 0.242. The van der Waals surface area contributed by atoms with Crippen molar-refractivity contribution in [1.29, 1.82) is 0 Å². The highest BCUT2D eigenvalue weighted by molar-refractivity contribution is 5.30. The van der Waals surface area contributed by atoms with E-state index < -0.39 is 0 Å². The maximum atomic E-state index is 5.76. The highest BCUT2D eigenvalue weighted by atomic mass is 16.5. The van der Waals surface area contributed by atoms with Crippen LogP contribution >= 0.6 is 0 Å². The summed E-state index contributed by atoms with van der Waals surface area (Å²) >= 11 is 0. The van der Waals surface area contributed by atoms with Crippen LogP contribution in [0.1, 0.15) is 50.9 Å². The van der Waals surface area contributed by atoms with Gasteiger partial charge in [-0.2, -0.15) is 0 Å². The average molecular weight is 284 g/mol. The fourth-order valence-electron chi connectivity index (χ4n) is 2.33. The highest BCUT2D eigenvalue weighted by Crippen LogP contribution is 2.22. The first kappa shape index (κ1) is 15.5. The van der Waals surface area contributed by atoms with Crippen molar-refractivity contribution >= 4 is 0 Å². The van der Waals surface area contributed by atoms with Crippen LogP contribution in [0, 0.1) is 0 Å². The Labute approximate surface area is 127 Å². The van der Waals surface area contributed by atoms with E-state index >= 15 is 0 Å². The Morgan fingerprint density at radius 1 is 0.952 bits per heavy atom. The SMILES string of the molecule is CC(C)Oc1cccc(C(C)NC(C)c2cccnc2)c1. The molecule has 1 heterocycles. The molecule has 112 valence electrons. The van der Waals surface area contributed by atoms with Crippen molar-refractivity contribution in [2.45, 2.75) is 45.9 Å². The summed E-state index contributed by atoms with van der Waals surface area (Å²) in [6.07, 6.45) is 3.90. The maximum Gasteiger partial charge on any atom is 0.120 e. The Kier molecular flexibility index (Phi) is 5.34. The van der Waals surface area contributed by atoms with E-state index in [2.05, 4.69) is 42.3 Å². The molecule has 0 amide bonds. The largest absolute Gasteiger partial charge is 0.491 e. The second-order valence-electron chi connectivity index (χ2n) is 5.64. The van der Waals surface area contributed by atoms with Gasteiger partial charge in [-0.05, 0) is 57.0 Å². The van der Waals surface area contributed by atoms with E-state index in [1.807, 2.05) is 38.2 Å². The zero-order valence-electron chi connectivity index (χ0n) is 13.2. The molecule has 0 aliphatic heterocycles. The molecule has 0 aliphatic rings. The minimum Gasteiger partial charge on any atom is -0.491 e. The Bertz CT molecular complexity index is 554. The van der Waals surface area contributed by atoms with Gasteiger partial charge in [-0.15, -0.1) is 0 Å². The standard InChI is InChI=1S/C18H24N2O/c1-13(2)21-18-9-5-7-16(11-18)14(3)20-15(4)17-8-6-10-19-12-17/h5-15,20H,1-4H3. The number of rotatable bonds is 6. The van der Waals surface area contributed by atoms with E-state index in [4.69, 9.17) is 4.74 Å². The second-order valence-corrected chi connectivity index (χ2v) is 5.64. The molecule has 1 N–H and O–H groups in total. The molecule has 0 bridgehead atoms. The summed E-state index contributed by atoms with van der Waals surface area (Å²) in [5.74, 6) is 0.921. The topological polar surface area (TPSA) is 34.1 Å². The van der Waals surface area contributed by atoms with Crippen LogP contribution in [0.4, 0.5) is 0 Å². The average Bonchev–Trinajstić information content (AvgIpc) is 2.47. The van der Waals surface area contributed by atoms with E-state index in [9.17, 15) is 0 Å². The molecule has 1 aromatic heterocycles. The number of aromatic nitrogens is 1. The lowest BCUT2D eigenvalue weighted by Crippen LogP contribution is -2.22. The monoisotopic (exact) mass is 284 g/mol. The third-order valence-corrected chi connectivity index (χ3v) is 3.41. The van der Waals surface area contributed by atoms with Crippen LogP contribution < -0.4 is 10.1 Å². The number of pyridine rings is 1. The quantitative estimate of drug-likeness (QED) is 0.859. The lowest BCUT2D eigenvalue weighted by Gasteiger charge is -2.21. The molecule has 0 saturated carbocycles. The van der Waals surface area contributed by atoms with E-state index in [0.717, 1.165) is 5.75 Å². The minimum absolute atomic E-state index is 0.192. The fourth-order valence-corrected chi connectivity index (χ4v) is 2.33. The van der Waals surface area contributed by atoms with Crippen molar-refractivity contribution in [3.63, 3.8) is 0 Å². The van der Waals surface area contributed by atoms with Crippen molar-refractivity contribution in [3.8, 4) is 5.75 Å². The van der Waals surface area contributed by atoms with Gasteiger partial charge in [-0.1, -0.05) is 18.2 Å². The minimum atomic E-state index is 0.192. The van der Waals surface area contributed by atoms with Gasteiger partial charge in [0, 0.05) is 24.5 Å². The Morgan fingerprint density at radius 2 is 1.67 bits per heavy atom. The summed E-state index contributed by atoms with van der Waals surface area (Å²) in [5, 5.41) is 3.60. The van der Waals surface area contributed by atoms with Gasteiger partial charge >= 0.3 is 0 Å². The van der Waals surface area contributed by atoms with Crippen LogP contribution in [-0.4, -0.2) is 11.1 Å². The van der Waals surface area contributed by atoms with Crippen LogP contribution in [0.2, 0.25) is 0 Å². The highest BCUT2D eigenvalue weighted by Gasteiger charge is 2.12. The van der Waals surface area contributed by atoms with Crippen molar-refractivity contribution in [2.75, 3.05) is 0 Å². The molecule has 2 unspecified atom stereocenters. The van der Waals surface area contributed by atoms with Gasteiger partial charge in [-0.3, -0.25) is 4.98 Å². The predicted molar refractivity (Wildman–Crippen MR) is 86.4 cm³/mol. The first-order valence-electron chi connectivity index (χ1n) is 7.49. The van der Waals surface area contributed by atoms with Crippen LogP contribution in [0.3, 0.4) is 0 Å². The molecule has 3 nitrogen and oxygen atoms in total. The van der Waals surface area contributed by atoms with Crippen LogP contribution in [-0.2, 0) is 0 Å². The molecule has 3 heteroatoms. The van der Waals surface area contributed by atoms with Gasteiger partial charge in [0.15, 0.2) is 0 Å². The Balaban J connectivity index is 2.04. The van der Waals surface area contributed by atoms with Crippen molar-refractivity contribution in [1.82, 2.24) is 10.3 Å². The molecule has 0 spiro atoms. The van der Waals surface area contributed by atoms with Crippen LogP contribution in [0.5, 0.6) is 5.75 Å².